The predicted molar refractivity (Wildman–Crippen MR) is 82.2 cm³/mol. The van der Waals surface area contributed by atoms with Gasteiger partial charge >= 0.3 is 11.9 Å². The second-order valence-corrected chi connectivity index (χ2v) is 6.51. The molecular formula is C15H18BrNO5. The molecule has 0 aliphatic rings. The van der Waals surface area contributed by atoms with Gasteiger partial charge < -0.3 is 9.47 Å². The average Bonchev–Trinajstić information content (AvgIpc) is 2.42. The topological polar surface area (TPSA) is 82.6 Å². The lowest BCUT2D eigenvalue weighted by atomic mass is 9.97. The Labute approximate surface area is 137 Å². The molecule has 0 aliphatic heterocycles. The molecule has 1 aromatic rings. The fourth-order valence-electron chi connectivity index (χ4n) is 1.61. The summed E-state index contributed by atoms with van der Waals surface area (Å²) >= 11 is 3.21. The van der Waals surface area contributed by atoms with Crippen LogP contribution in [0.4, 0.5) is 0 Å². The molecule has 22 heavy (non-hydrogen) atoms. The number of pyridine rings is 1. The summed E-state index contributed by atoms with van der Waals surface area (Å²) in [7, 11) is 1.19. The minimum atomic E-state index is -1.28. The number of ketones is 1. The maximum absolute atomic E-state index is 12.4. The minimum absolute atomic E-state index is 0.0861. The standard InChI is InChI=1S/C15H18BrNO5/c1-15(2,3)22-14(20)10(7-12(18)21-4)13(19)11-6-5-9(16)8-17-11/h5-6,8,10H,7H2,1-4H3. The first-order chi connectivity index (χ1) is 10.1. The fourth-order valence-corrected chi connectivity index (χ4v) is 1.84. The molecule has 0 radical (unpaired) electrons. The number of methoxy groups -OCH3 is 1. The van der Waals surface area contributed by atoms with Crippen LogP contribution >= 0.6 is 15.9 Å². The number of hydrogen-bond donors (Lipinski definition) is 0. The maximum atomic E-state index is 12.4. The largest absolute Gasteiger partial charge is 0.469 e. The molecule has 1 rings (SSSR count). The second kappa shape index (κ2) is 7.49. The van der Waals surface area contributed by atoms with Gasteiger partial charge in [-0.15, -0.1) is 0 Å². The van der Waals surface area contributed by atoms with Crippen LogP contribution in [0, 0.1) is 5.92 Å². The van der Waals surface area contributed by atoms with E-state index >= 15 is 0 Å². The highest BCUT2D eigenvalue weighted by atomic mass is 79.9. The molecule has 0 saturated carbocycles. The molecule has 0 bridgehead atoms. The minimum Gasteiger partial charge on any atom is -0.469 e. The molecule has 0 spiro atoms. The number of rotatable bonds is 5. The maximum Gasteiger partial charge on any atom is 0.318 e. The van der Waals surface area contributed by atoms with Crippen LogP contribution in [-0.4, -0.2) is 35.4 Å². The Morgan fingerprint density at radius 2 is 1.91 bits per heavy atom. The normalized spacial score (nSPS) is 12.4. The summed E-state index contributed by atoms with van der Waals surface area (Å²) in [6.07, 6.45) is 1.06. The van der Waals surface area contributed by atoms with E-state index in [1.807, 2.05) is 0 Å². The molecule has 0 fully saturated rings. The monoisotopic (exact) mass is 371 g/mol. The molecule has 0 saturated heterocycles. The van der Waals surface area contributed by atoms with Gasteiger partial charge in [-0.2, -0.15) is 0 Å². The zero-order valence-electron chi connectivity index (χ0n) is 12.9. The smallest absolute Gasteiger partial charge is 0.318 e. The Kier molecular flexibility index (Phi) is 6.22. The van der Waals surface area contributed by atoms with Crippen molar-refractivity contribution in [2.75, 3.05) is 7.11 Å². The lowest BCUT2D eigenvalue weighted by Crippen LogP contribution is -2.34. The number of ether oxygens (including phenoxy) is 2. The van der Waals surface area contributed by atoms with E-state index in [-0.39, 0.29) is 12.1 Å². The van der Waals surface area contributed by atoms with Gasteiger partial charge in [-0.25, -0.2) is 0 Å². The first-order valence-electron chi connectivity index (χ1n) is 6.59. The summed E-state index contributed by atoms with van der Waals surface area (Å²) in [4.78, 5) is 40.1. The highest BCUT2D eigenvalue weighted by Gasteiger charge is 2.34. The Morgan fingerprint density at radius 1 is 1.27 bits per heavy atom. The van der Waals surface area contributed by atoms with Crippen LogP contribution < -0.4 is 0 Å². The lowest BCUT2D eigenvalue weighted by Gasteiger charge is -2.22. The summed E-state index contributed by atoms with van der Waals surface area (Å²) in [5.74, 6) is -3.29. The van der Waals surface area contributed by atoms with Crippen LogP contribution in [0.2, 0.25) is 0 Å². The van der Waals surface area contributed by atoms with Crippen LogP contribution in [0.3, 0.4) is 0 Å². The Morgan fingerprint density at radius 3 is 2.36 bits per heavy atom. The first-order valence-corrected chi connectivity index (χ1v) is 7.39. The average molecular weight is 372 g/mol. The number of esters is 2. The van der Waals surface area contributed by atoms with E-state index < -0.39 is 29.2 Å². The van der Waals surface area contributed by atoms with Crippen molar-refractivity contribution in [2.24, 2.45) is 5.92 Å². The van der Waals surface area contributed by atoms with Crippen molar-refractivity contribution in [3.05, 3.63) is 28.5 Å². The van der Waals surface area contributed by atoms with Gasteiger partial charge in [0.1, 0.15) is 17.2 Å². The van der Waals surface area contributed by atoms with Crippen molar-refractivity contribution in [3.8, 4) is 0 Å². The van der Waals surface area contributed by atoms with Crippen LogP contribution in [0.1, 0.15) is 37.7 Å². The van der Waals surface area contributed by atoms with E-state index in [9.17, 15) is 14.4 Å². The molecule has 120 valence electrons. The number of nitrogens with zero attached hydrogens (tertiary/aromatic N) is 1. The van der Waals surface area contributed by atoms with E-state index in [2.05, 4.69) is 25.7 Å². The number of hydrogen-bond acceptors (Lipinski definition) is 6. The van der Waals surface area contributed by atoms with Gasteiger partial charge in [-0.1, -0.05) is 0 Å². The van der Waals surface area contributed by atoms with Gasteiger partial charge in [0.2, 0.25) is 0 Å². The van der Waals surface area contributed by atoms with Crippen molar-refractivity contribution in [1.82, 2.24) is 4.98 Å². The van der Waals surface area contributed by atoms with Crippen molar-refractivity contribution in [1.29, 1.82) is 0 Å². The highest BCUT2D eigenvalue weighted by Crippen LogP contribution is 2.19. The zero-order valence-corrected chi connectivity index (χ0v) is 14.5. The molecule has 1 unspecified atom stereocenters. The number of carbonyl (C=O) groups excluding carboxylic acids is 3. The molecule has 0 aromatic carbocycles. The molecule has 6 nitrogen and oxygen atoms in total. The summed E-state index contributed by atoms with van der Waals surface area (Å²) in [5.41, 5.74) is -0.679. The summed E-state index contributed by atoms with van der Waals surface area (Å²) in [6.45, 7) is 5.05. The third kappa shape index (κ3) is 5.55. The van der Waals surface area contributed by atoms with E-state index in [1.54, 1.807) is 26.8 Å². The highest BCUT2D eigenvalue weighted by molar-refractivity contribution is 9.10. The van der Waals surface area contributed by atoms with Gasteiger partial charge in [0.15, 0.2) is 5.78 Å². The molecule has 1 atom stereocenters. The number of aromatic nitrogens is 1. The molecule has 1 heterocycles. The van der Waals surface area contributed by atoms with Crippen LogP contribution in [-0.2, 0) is 19.1 Å². The van der Waals surface area contributed by atoms with E-state index in [0.29, 0.717) is 4.47 Å². The van der Waals surface area contributed by atoms with Crippen molar-refractivity contribution >= 4 is 33.7 Å². The third-order valence-electron chi connectivity index (χ3n) is 2.59. The van der Waals surface area contributed by atoms with E-state index in [0.717, 1.165) is 0 Å². The predicted octanol–water partition coefficient (Wildman–Crippen LogP) is 2.55. The van der Waals surface area contributed by atoms with Crippen LogP contribution in [0.5, 0.6) is 0 Å². The molecule has 7 heteroatoms. The number of Topliss-reactive ketones (excluding diaryl/α,β-unsaturated/α-hetero) is 1. The Bertz CT molecular complexity index is 562. The van der Waals surface area contributed by atoms with Crippen molar-refractivity contribution < 1.29 is 23.9 Å². The SMILES string of the molecule is COC(=O)CC(C(=O)OC(C)(C)C)C(=O)c1ccc(Br)cn1. The molecule has 1 aromatic heterocycles. The molecular weight excluding hydrogens is 354 g/mol. The van der Waals surface area contributed by atoms with Gasteiger partial charge in [0, 0.05) is 10.7 Å². The van der Waals surface area contributed by atoms with E-state index in [1.165, 1.54) is 19.4 Å². The Hall–Kier alpha value is -1.76. The summed E-state index contributed by atoms with van der Waals surface area (Å²) < 4.78 is 10.4. The quantitative estimate of drug-likeness (QED) is 0.449. The summed E-state index contributed by atoms with van der Waals surface area (Å²) in [5, 5.41) is 0. The summed E-state index contributed by atoms with van der Waals surface area (Å²) in [6, 6.07) is 3.10. The van der Waals surface area contributed by atoms with Gasteiger partial charge in [0.05, 0.1) is 13.5 Å². The van der Waals surface area contributed by atoms with Gasteiger partial charge in [-0.05, 0) is 48.8 Å². The molecule has 0 N–H and O–H groups in total. The lowest BCUT2D eigenvalue weighted by molar-refractivity contribution is -0.161. The Balaban J connectivity index is 3.03. The van der Waals surface area contributed by atoms with Crippen LogP contribution in [0.15, 0.2) is 22.8 Å². The van der Waals surface area contributed by atoms with Crippen LogP contribution in [0.25, 0.3) is 0 Å². The zero-order chi connectivity index (χ0) is 16.9. The first kappa shape index (κ1) is 18.3. The van der Waals surface area contributed by atoms with Gasteiger partial charge in [-0.3, -0.25) is 19.4 Å². The fraction of sp³-hybridized carbons (Fsp3) is 0.467. The molecule has 0 aliphatic carbocycles. The number of carbonyl (C=O) groups is 3. The van der Waals surface area contributed by atoms with E-state index in [4.69, 9.17) is 4.74 Å². The second-order valence-electron chi connectivity index (χ2n) is 5.59. The molecule has 0 amide bonds. The third-order valence-corrected chi connectivity index (χ3v) is 3.06. The number of halogens is 1. The van der Waals surface area contributed by atoms with Crippen molar-refractivity contribution in [2.45, 2.75) is 32.8 Å². The van der Waals surface area contributed by atoms with Gasteiger partial charge in [0.25, 0.3) is 0 Å². The van der Waals surface area contributed by atoms with Crippen molar-refractivity contribution in [3.63, 3.8) is 0 Å².